The van der Waals surface area contributed by atoms with Crippen LogP contribution in [0, 0.1) is 6.92 Å². The molecule has 0 fully saturated rings. The molecule has 8 heteroatoms. The van der Waals surface area contributed by atoms with E-state index in [2.05, 4.69) is 15.3 Å². The molecule has 0 radical (unpaired) electrons. The summed E-state index contributed by atoms with van der Waals surface area (Å²) < 4.78 is 4.91. The zero-order chi connectivity index (χ0) is 17.8. The Labute approximate surface area is 144 Å². The fraction of sp³-hybridized carbons (Fsp3) is 0.312. The number of benzene rings is 1. The molecule has 1 aromatic carbocycles. The van der Waals surface area contributed by atoms with Crippen molar-refractivity contribution in [3.05, 3.63) is 52.6 Å². The van der Waals surface area contributed by atoms with Crippen LogP contribution in [0.2, 0.25) is 0 Å². The highest BCUT2D eigenvalue weighted by Crippen LogP contribution is 2.16. The van der Waals surface area contributed by atoms with Gasteiger partial charge in [0.15, 0.2) is 0 Å². The zero-order valence-corrected chi connectivity index (χ0v) is 14.4. The number of aromatic amines is 1. The summed E-state index contributed by atoms with van der Waals surface area (Å²) in [6.07, 6.45) is 1.47. The van der Waals surface area contributed by atoms with Crippen molar-refractivity contribution in [2.45, 2.75) is 11.9 Å². The molecule has 24 heavy (non-hydrogen) atoms. The van der Waals surface area contributed by atoms with Gasteiger partial charge < -0.3 is 20.1 Å². The molecule has 0 aliphatic carbocycles. The number of nitrogens with zero attached hydrogens (tertiary/aromatic N) is 1. The third-order valence-corrected chi connectivity index (χ3v) is 3.83. The van der Waals surface area contributed by atoms with Crippen LogP contribution >= 0.6 is 11.8 Å². The van der Waals surface area contributed by atoms with Crippen molar-refractivity contribution in [2.75, 3.05) is 26.0 Å². The highest BCUT2D eigenvalue weighted by molar-refractivity contribution is 7.99. The van der Waals surface area contributed by atoms with Gasteiger partial charge in [-0.15, -0.1) is 0 Å². The minimum absolute atomic E-state index is 0.0818. The van der Waals surface area contributed by atoms with Crippen LogP contribution in [0.15, 0.2) is 46.3 Å². The van der Waals surface area contributed by atoms with Gasteiger partial charge in [-0.2, -0.15) is 0 Å². The summed E-state index contributed by atoms with van der Waals surface area (Å²) in [6.45, 7) is 1.96. The first-order valence-corrected chi connectivity index (χ1v) is 8.20. The van der Waals surface area contributed by atoms with E-state index in [4.69, 9.17) is 9.84 Å². The van der Waals surface area contributed by atoms with Gasteiger partial charge in [0.1, 0.15) is 5.75 Å². The first kappa shape index (κ1) is 19.7. The minimum Gasteiger partial charge on any atom is -0.497 e. The maximum atomic E-state index is 11.2. The first-order chi connectivity index (χ1) is 11.6. The Kier molecular flexibility index (Phi) is 9.25. The van der Waals surface area contributed by atoms with Gasteiger partial charge in [-0.05, 0) is 24.6 Å². The lowest BCUT2D eigenvalue weighted by atomic mass is 10.3. The molecule has 3 N–H and O–H groups in total. The molecule has 0 aliphatic heterocycles. The van der Waals surface area contributed by atoms with E-state index in [1.54, 1.807) is 14.0 Å². The Bertz CT molecular complexity index is 677. The van der Waals surface area contributed by atoms with Gasteiger partial charge in [0, 0.05) is 12.7 Å². The predicted octanol–water partition coefficient (Wildman–Crippen LogP) is 0.974. The number of carbonyl (C=O) groups excluding carboxylic acids is 1. The second kappa shape index (κ2) is 11.3. The molecule has 0 unspecified atom stereocenters. The number of amides is 1. The molecule has 2 rings (SSSR count). The van der Waals surface area contributed by atoms with Crippen molar-refractivity contribution in [3.8, 4) is 5.75 Å². The number of carbonyl (C=O) groups is 1. The number of ether oxygens (including phenoxy) is 1. The predicted molar refractivity (Wildman–Crippen MR) is 93.4 cm³/mol. The van der Waals surface area contributed by atoms with Crippen LogP contribution in [0.5, 0.6) is 5.75 Å². The maximum absolute atomic E-state index is 11.2. The molecule has 1 aromatic heterocycles. The number of hydrogen-bond acceptors (Lipinski definition) is 6. The van der Waals surface area contributed by atoms with Crippen LogP contribution in [0.3, 0.4) is 0 Å². The molecule has 2 aromatic rings. The van der Waals surface area contributed by atoms with E-state index in [1.807, 2.05) is 30.3 Å². The van der Waals surface area contributed by atoms with E-state index in [9.17, 15) is 9.59 Å². The monoisotopic (exact) mass is 351 g/mol. The van der Waals surface area contributed by atoms with Crippen LogP contribution < -0.4 is 15.7 Å². The summed E-state index contributed by atoms with van der Waals surface area (Å²) in [5.74, 6) is 0.921. The van der Waals surface area contributed by atoms with E-state index >= 15 is 0 Å². The summed E-state index contributed by atoms with van der Waals surface area (Å²) in [5, 5.41) is 11.7. The highest BCUT2D eigenvalue weighted by atomic mass is 32.2. The quantitative estimate of drug-likeness (QED) is 0.529. The molecule has 0 bridgehead atoms. The highest BCUT2D eigenvalue weighted by Gasteiger charge is 2.05. The molecule has 0 saturated heterocycles. The number of hydrogen-bond donors (Lipinski definition) is 3. The fourth-order valence-electron chi connectivity index (χ4n) is 1.53. The van der Waals surface area contributed by atoms with Gasteiger partial charge in [-0.1, -0.05) is 30.0 Å². The standard InChI is InChI=1S/C9H13N3O3S.C7H8O/c1-6-4-11-9(15)12-8(6)16-5-7(14)10-2-3-13;1-8-7-5-3-2-4-6-7/h4,13H,2-3,5H2,1H3,(H,10,14)(H,11,12,15);2-6H,1H3. The van der Waals surface area contributed by atoms with Crippen molar-refractivity contribution in [3.63, 3.8) is 0 Å². The number of aromatic nitrogens is 2. The Morgan fingerprint density at radius 2 is 2.08 bits per heavy atom. The molecule has 0 saturated carbocycles. The fourth-order valence-corrected chi connectivity index (χ4v) is 2.35. The molecule has 130 valence electrons. The number of aliphatic hydroxyl groups excluding tert-OH is 1. The second-order valence-corrected chi connectivity index (χ2v) is 5.57. The average Bonchev–Trinajstić information content (AvgIpc) is 2.62. The Balaban J connectivity index is 0.000000300. The first-order valence-electron chi connectivity index (χ1n) is 7.22. The largest absolute Gasteiger partial charge is 0.497 e. The van der Waals surface area contributed by atoms with Crippen LogP contribution in [0.25, 0.3) is 0 Å². The summed E-state index contributed by atoms with van der Waals surface area (Å²) in [4.78, 5) is 28.3. The number of rotatable bonds is 6. The third-order valence-electron chi connectivity index (χ3n) is 2.71. The van der Waals surface area contributed by atoms with Gasteiger partial charge >= 0.3 is 5.69 Å². The Morgan fingerprint density at radius 3 is 2.67 bits per heavy atom. The minimum atomic E-state index is -0.427. The van der Waals surface area contributed by atoms with Gasteiger partial charge in [0.2, 0.25) is 5.91 Å². The smallest absolute Gasteiger partial charge is 0.345 e. The summed E-state index contributed by atoms with van der Waals surface area (Å²) in [6, 6.07) is 9.68. The van der Waals surface area contributed by atoms with E-state index in [0.29, 0.717) is 5.03 Å². The summed E-state index contributed by atoms with van der Waals surface area (Å²) in [5.41, 5.74) is 0.392. The van der Waals surface area contributed by atoms with Crippen molar-refractivity contribution >= 4 is 17.7 Å². The second-order valence-electron chi connectivity index (χ2n) is 4.58. The SMILES string of the molecule is COc1ccccc1.Cc1cnc(=O)[nH]c1SCC(=O)NCCO. The van der Waals surface area contributed by atoms with Crippen LogP contribution in [-0.4, -0.2) is 47.0 Å². The molecule has 0 spiro atoms. The Hall–Kier alpha value is -2.32. The molecule has 0 atom stereocenters. The van der Waals surface area contributed by atoms with Crippen molar-refractivity contribution in [1.82, 2.24) is 15.3 Å². The third kappa shape index (κ3) is 7.80. The maximum Gasteiger partial charge on any atom is 0.345 e. The summed E-state index contributed by atoms with van der Waals surface area (Å²) >= 11 is 1.23. The lowest BCUT2D eigenvalue weighted by molar-refractivity contribution is -0.118. The van der Waals surface area contributed by atoms with Crippen molar-refractivity contribution in [1.29, 1.82) is 0 Å². The molecule has 7 nitrogen and oxygen atoms in total. The normalized spacial score (nSPS) is 9.62. The zero-order valence-electron chi connectivity index (χ0n) is 13.6. The van der Waals surface area contributed by atoms with Crippen LogP contribution in [0.1, 0.15) is 5.56 Å². The lowest BCUT2D eigenvalue weighted by Gasteiger charge is -2.04. The van der Waals surface area contributed by atoms with Crippen molar-refractivity contribution < 1.29 is 14.6 Å². The number of nitrogens with one attached hydrogen (secondary N) is 2. The molecular formula is C16H21N3O4S. The number of H-pyrrole nitrogens is 1. The Morgan fingerprint density at radius 1 is 1.38 bits per heavy atom. The number of methoxy groups -OCH3 is 1. The number of para-hydroxylation sites is 1. The molecule has 1 heterocycles. The van der Waals surface area contributed by atoms with Gasteiger partial charge in [0.25, 0.3) is 0 Å². The van der Waals surface area contributed by atoms with Gasteiger partial charge in [-0.3, -0.25) is 4.79 Å². The lowest BCUT2D eigenvalue weighted by Crippen LogP contribution is -2.28. The topological polar surface area (TPSA) is 104 Å². The summed E-state index contributed by atoms with van der Waals surface area (Å²) in [7, 11) is 1.66. The van der Waals surface area contributed by atoms with E-state index in [0.717, 1.165) is 11.3 Å². The average molecular weight is 351 g/mol. The number of thioether (sulfide) groups is 1. The molecular weight excluding hydrogens is 330 g/mol. The molecule has 0 aliphatic rings. The molecule has 1 amide bonds. The van der Waals surface area contributed by atoms with E-state index < -0.39 is 5.69 Å². The number of aryl methyl sites for hydroxylation is 1. The van der Waals surface area contributed by atoms with Crippen molar-refractivity contribution in [2.24, 2.45) is 0 Å². The number of aliphatic hydroxyl groups is 1. The van der Waals surface area contributed by atoms with Gasteiger partial charge in [-0.25, -0.2) is 9.78 Å². The van der Waals surface area contributed by atoms with Gasteiger partial charge in [0.05, 0.1) is 24.5 Å². The van der Waals surface area contributed by atoms with Crippen LogP contribution in [-0.2, 0) is 4.79 Å². The van der Waals surface area contributed by atoms with E-state index in [1.165, 1.54) is 18.0 Å². The van der Waals surface area contributed by atoms with E-state index in [-0.39, 0.29) is 24.8 Å². The van der Waals surface area contributed by atoms with Crippen LogP contribution in [0.4, 0.5) is 0 Å².